The molecular formula is C22H25N3O. The van der Waals surface area contributed by atoms with Crippen LogP contribution in [0.4, 0.5) is 0 Å². The molecule has 1 N–H and O–H groups in total. The van der Waals surface area contributed by atoms with E-state index in [1.165, 1.54) is 12.0 Å². The van der Waals surface area contributed by atoms with Gasteiger partial charge in [-0.15, -0.1) is 0 Å². The van der Waals surface area contributed by atoms with Crippen molar-refractivity contribution in [2.45, 2.75) is 32.6 Å². The van der Waals surface area contributed by atoms with Crippen molar-refractivity contribution >= 4 is 16.9 Å². The lowest BCUT2D eigenvalue weighted by atomic mass is 9.91. The number of nitrogens with one attached hydrogen (secondary N) is 1. The molecule has 4 heteroatoms. The molecule has 0 aliphatic carbocycles. The van der Waals surface area contributed by atoms with Crippen LogP contribution in [0.3, 0.4) is 0 Å². The number of carbonyl (C=O) groups excluding carboxylic acids is 1. The molecule has 0 radical (unpaired) electrons. The average Bonchev–Trinajstić information content (AvgIpc) is 3.07. The number of hydrogen-bond acceptors (Lipinski definition) is 2. The van der Waals surface area contributed by atoms with Crippen LogP contribution in [0.2, 0.25) is 0 Å². The maximum Gasteiger partial charge on any atom is 0.256 e. The van der Waals surface area contributed by atoms with Crippen LogP contribution in [0.15, 0.2) is 48.5 Å². The number of hydrogen-bond donors (Lipinski definition) is 1. The van der Waals surface area contributed by atoms with Crippen molar-refractivity contribution in [1.82, 2.24) is 14.9 Å². The fraction of sp³-hybridized carbons (Fsp3) is 0.364. The van der Waals surface area contributed by atoms with Gasteiger partial charge in [0.1, 0.15) is 11.3 Å². The van der Waals surface area contributed by atoms with Crippen LogP contribution >= 0.6 is 0 Å². The van der Waals surface area contributed by atoms with Crippen LogP contribution < -0.4 is 0 Å². The molecule has 1 fully saturated rings. The highest BCUT2D eigenvalue weighted by molar-refractivity contribution is 6.04. The molecular weight excluding hydrogens is 322 g/mol. The molecule has 0 saturated carbocycles. The second-order valence-corrected chi connectivity index (χ2v) is 7.31. The van der Waals surface area contributed by atoms with Crippen LogP contribution in [-0.4, -0.2) is 33.9 Å². The van der Waals surface area contributed by atoms with E-state index in [1.807, 2.05) is 30.0 Å². The van der Waals surface area contributed by atoms with Gasteiger partial charge < -0.3 is 9.88 Å². The molecule has 1 saturated heterocycles. The zero-order chi connectivity index (χ0) is 17.9. The molecule has 1 aliphatic rings. The Morgan fingerprint density at radius 2 is 2.04 bits per heavy atom. The molecule has 0 spiro atoms. The summed E-state index contributed by atoms with van der Waals surface area (Å²) in [5.74, 6) is 1.54. The molecule has 0 bridgehead atoms. The Bertz CT molecular complexity index is 900. The molecule has 4 nitrogen and oxygen atoms in total. The largest absolute Gasteiger partial charge is 0.342 e. The number of fused-ring (bicyclic) bond motifs is 1. The third kappa shape index (κ3) is 3.50. The Kier molecular flexibility index (Phi) is 4.74. The molecule has 1 amide bonds. The van der Waals surface area contributed by atoms with Crippen LogP contribution in [0.1, 0.15) is 41.0 Å². The van der Waals surface area contributed by atoms with E-state index < -0.39 is 0 Å². The van der Waals surface area contributed by atoms with E-state index in [2.05, 4.69) is 40.3 Å². The first kappa shape index (κ1) is 16.8. The van der Waals surface area contributed by atoms with E-state index in [0.29, 0.717) is 5.92 Å². The first-order valence-electron chi connectivity index (χ1n) is 9.49. The fourth-order valence-corrected chi connectivity index (χ4v) is 4.00. The van der Waals surface area contributed by atoms with Crippen LogP contribution in [0, 0.1) is 12.8 Å². The first-order chi connectivity index (χ1) is 12.7. The molecule has 3 aromatic rings. The van der Waals surface area contributed by atoms with Gasteiger partial charge in [0, 0.05) is 13.1 Å². The van der Waals surface area contributed by atoms with Crippen LogP contribution in [0.5, 0.6) is 0 Å². The van der Waals surface area contributed by atoms with E-state index in [0.717, 1.165) is 54.8 Å². The number of nitrogens with zero attached hydrogens (tertiary/aromatic N) is 2. The zero-order valence-corrected chi connectivity index (χ0v) is 15.2. The second-order valence-electron chi connectivity index (χ2n) is 7.31. The quantitative estimate of drug-likeness (QED) is 0.762. The second kappa shape index (κ2) is 7.32. The number of rotatable bonds is 4. The minimum atomic E-state index is 0.117. The Hall–Kier alpha value is -2.62. The van der Waals surface area contributed by atoms with Crippen molar-refractivity contribution in [2.75, 3.05) is 13.1 Å². The van der Waals surface area contributed by atoms with Crippen molar-refractivity contribution in [3.05, 3.63) is 65.5 Å². The number of carbonyl (C=O) groups is 1. The van der Waals surface area contributed by atoms with Gasteiger partial charge in [0.2, 0.25) is 0 Å². The smallest absolute Gasteiger partial charge is 0.256 e. The Morgan fingerprint density at radius 3 is 2.88 bits per heavy atom. The number of imidazole rings is 1. The average molecular weight is 347 g/mol. The number of aromatic amines is 1. The summed E-state index contributed by atoms with van der Waals surface area (Å²) >= 11 is 0. The summed E-state index contributed by atoms with van der Waals surface area (Å²) in [7, 11) is 0. The van der Waals surface area contributed by atoms with Crippen molar-refractivity contribution in [3.8, 4) is 0 Å². The van der Waals surface area contributed by atoms with Gasteiger partial charge in [-0.25, -0.2) is 4.98 Å². The number of benzene rings is 2. The normalized spacial score (nSPS) is 17.6. The minimum Gasteiger partial charge on any atom is -0.342 e. The Labute approximate surface area is 154 Å². The number of aromatic nitrogens is 2. The molecule has 1 aliphatic heterocycles. The van der Waals surface area contributed by atoms with Gasteiger partial charge in [-0.2, -0.15) is 0 Å². The molecule has 2 aromatic carbocycles. The number of para-hydroxylation sites is 1. The monoisotopic (exact) mass is 347 g/mol. The molecule has 4 rings (SSSR count). The van der Waals surface area contributed by atoms with Gasteiger partial charge in [-0.1, -0.05) is 36.4 Å². The summed E-state index contributed by atoms with van der Waals surface area (Å²) in [6, 6.07) is 16.4. The van der Waals surface area contributed by atoms with E-state index in [-0.39, 0.29) is 5.91 Å². The molecule has 1 atom stereocenters. The number of likely N-dealkylation sites (tertiary alicyclic amines) is 1. The number of amides is 1. The standard InChI is InChI=1S/C22H25N3O/c1-16-23-20-11-5-10-19(21(20)24-16)22(26)25-14-6-9-18(15-25)13-12-17-7-3-2-4-8-17/h2-5,7-8,10-11,18H,6,9,12-15H2,1H3,(H,23,24). The third-order valence-electron chi connectivity index (χ3n) is 5.35. The summed E-state index contributed by atoms with van der Waals surface area (Å²) < 4.78 is 0. The SMILES string of the molecule is Cc1nc2c(C(=O)N3CCCC(CCc4ccccc4)C3)cccc2[nH]1. The predicted octanol–water partition coefficient (Wildman–Crippen LogP) is 4.36. The minimum absolute atomic E-state index is 0.117. The third-order valence-corrected chi connectivity index (χ3v) is 5.35. The fourth-order valence-electron chi connectivity index (χ4n) is 4.00. The summed E-state index contributed by atoms with van der Waals surface area (Å²) in [6.07, 6.45) is 4.52. The summed E-state index contributed by atoms with van der Waals surface area (Å²) in [6.45, 7) is 3.63. The Balaban J connectivity index is 1.46. The molecule has 26 heavy (non-hydrogen) atoms. The van der Waals surface area contributed by atoms with E-state index in [1.54, 1.807) is 0 Å². The molecule has 1 unspecified atom stereocenters. The first-order valence-corrected chi connectivity index (χ1v) is 9.49. The highest BCUT2D eigenvalue weighted by atomic mass is 16.2. The highest BCUT2D eigenvalue weighted by Crippen LogP contribution is 2.25. The lowest BCUT2D eigenvalue weighted by molar-refractivity contribution is 0.0670. The number of aryl methyl sites for hydroxylation is 2. The maximum absolute atomic E-state index is 13.1. The van der Waals surface area contributed by atoms with Crippen molar-refractivity contribution in [2.24, 2.45) is 5.92 Å². The number of piperidine rings is 1. The van der Waals surface area contributed by atoms with Crippen LogP contribution in [-0.2, 0) is 6.42 Å². The van der Waals surface area contributed by atoms with Crippen molar-refractivity contribution in [1.29, 1.82) is 0 Å². The van der Waals surface area contributed by atoms with Crippen molar-refractivity contribution < 1.29 is 4.79 Å². The zero-order valence-electron chi connectivity index (χ0n) is 15.2. The Morgan fingerprint density at radius 1 is 1.19 bits per heavy atom. The summed E-state index contributed by atoms with van der Waals surface area (Å²) in [4.78, 5) is 22.9. The van der Waals surface area contributed by atoms with Gasteiger partial charge in [0.05, 0.1) is 11.1 Å². The van der Waals surface area contributed by atoms with Crippen LogP contribution in [0.25, 0.3) is 11.0 Å². The maximum atomic E-state index is 13.1. The summed E-state index contributed by atoms with van der Waals surface area (Å²) in [5, 5.41) is 0. The van der Waals surface area contributed by atoms with Gasteiger partial charge in [0.25, 0.3) is 5.91 Å². The van der Waals surface area contributed by atoms with Crippen molar-refractivity contribution in [3.63, 3.8) is 0 Å². The highest BCUT2D eigenvalue weighted by Gasteiger charge is 2.26. The van der Waals surface area contributed by atoms with E-state index >= 15 is 0 Å². The topological polar surface area (TPSA) is 49.0 Å². The van der Waals surface area contributed by atoms with E-state index in [9.17, 15) is 4.79 Å². The van der Waals surface area contributed by atoms with Gasteiger partial charge in [-0.3, -0.25) is 4.79 Å². The predicted molar refractivity (Wildman–Crippen MR) is 104 cm³/mol. The van der Waals surface area contributed by atoms with Gasteiger partial charge in [0.15, 0.2) is 0 Å². The molecule has 134 valence electrons. The summed E-state index contributed by atoms with van der Waals surface area (Å²) in [5.41, 5.74) is 3.83. The lowest BCUT2D eigenvalue weighted by Crippen LogP contribution is -2.40. The molecule has 1 aromatic heterocycles. The van der Waals surface area contributed by atoms with Gasteiger partial charge in [-0.05, 0) is 56.2 Å². The van der Waals surface area contributed by atoms with Gasteiger partial charge >= 0.3 is 0 Å². The van der Waals surface area contributed by atoms with E-state index in [4.69, 9.17) is 0 Å². The molecule has 2 heterocycles. The number of H-pyrrole nitrogens is 1. The lowest BCUT2D eigenvalue weighted by Gasteiger charge is -2.33.